The van der Waals surface area contributed by atoms with Gasteiger partial charge >= 0.3 is 0 Å². The molecular formula is C20H20N4O4S. The fraction of sp³-hybridized carbons (Fsp3) is 0.200. The zero-order valence-corrected chi connectivity index (χ0v) is 17.0. The van der Waals surface area contributed by atoms with E-state index in [0.717, 1.165) is 16.8 Å². The Labute approximate surface area is 171 Å². The van der Waals surface area contributed by atoms with Gasteiger partial charge < -0.3 is 14.0 Å². The van der Waals surface area contributed by atoms with E-state index in [1.54, 1.807) is 38.6 Å². The highest BCUT2D eigenvalue weighted by molar-refractivity contribution is 7.07. The summed E-state index contributed by atoms with van der Waals surface area (Å²) < 4.78 is 12.5. The second-order valence-electron chi connectivity index (χ2n) is 5.91. The third kappa shape index (κ3) is 4.52. The van der Waals surface area contributed by atoms with Crippen LogP contribution in [0.25, 0.3) is 11.3 Å². The Morgan fingerprint density at radius 1 is 1.17 bits per heavy atom. The molecule has 0 saturated carbocycles. The van der Waals surface area contributed by atoms with Gasteiger partial charge in [-0.25, -0.2) is 0 Å². The van der Waals surface area contributed by atoms with Gasteiger partial charge in [-0.1, -0.05) is 12.1 Å². The maximum absolute atomic E-state index is 11.1. The van der Waals surface area contributed by atoms with Crippen LogP contribution in [0.5, 0.6) is 11.5 Å². The van der Waals surface area contributed by atoms with Gasteiger partial charge in [-0.15, -0.1) is 16.4 Å². The van der Waals surface area contributed by atoms with Crippen LogP contribution < -0.4 is 14.3 Å². The molecule has 2 aromatic carbocycles. The highest BCUT2D eigenvalue weighted by atomic mass is 32.1. The zero-order valence-electron chi connectivity index (χ0n) is 16.2. The third-order valence-electron chi connectivity index (χ3n) is 4.22. The maximum atomic E-state index is 11.1. The van der Waals surface area contributed by atoms with Crippen molar-refractivity contribution in [3.8, 4) is 22.8 Å². The van der Waals surface area contributed by atoms with E-state index in [1.165, 1.54) is 17.4 Å². The van der Waals surface area contributed by atoms with Gasteiger partial charge in [0.15, 0.2) is 11.5 Å². The average molecular weight is 412 g/mol. The van der Waals surface area contributed by atoms with Crippen LogP contribution in [0.1, 0.15) is 12.5 Å². The first-order valence-electron chi connectivity index (χ1n) is 8.79. The van der Waals surface area contributed by atoms with Crippen molar-refractivity contribution in [2.24, 2.45) is 10.2 Å². The smallest absolute Gasteiger partial charge is 0.270 e. The molecule has 150 valence electrons. The Kier molecular flexibility index (Phi) is 6.40. The number of rotatable bonds is 7. The molecule has 0 N–H and O–H groups in total. The van der Waals surface area contributed by atoms with Crippen molar-refractivity contribution in [3.63, 3.8) is 0 Å². The minimum atomic E-state index is -0.398. The molecule has 0 aliphatic carbocycles. The molecule has 1 aromatic heterocycles. The predicted molar refractivity (Wildman–Crippen MR) is 113 cm³/mol. The Hall–Kier alpha value is -3.46. The van der Waals surface area contributed by atoms with Crippen LogP contribution in [0.15, 0.2) is 58.0 Å². The lowest BCUT2D eigenvalue weighted by Gasteiger charge is -2.07. The standard InChI is InChI=1S/C20H20N4O4S/c1-4-23-17(15-6-5-7-16(11-15)24(25)26)13-29-20(23)22-21-12-14-8-9-18(27-2)19(10-14)28-3/h5-13H,4H2,1-3H3/b21-12-,22-20-. The number of methoxy groups -OCH3 is 2. The molecule has 0 aliphatic rings. The Balaban J connectivity index is 1.92. The molecule has 0 bridgehead atoms. The van der Waals surface area contributed by atoms with Crippen LogP contribution in [0.3, 0.4) is 0 Å². The monoisotopic (exact) mass is 412 g/mol. The zero-order chi connectivity index (χ0) is 20.8. The molecule has 8 nitrogen and oxygen atoms in total. The number of benzene rings is 2. The second kappa shape index (κ2) is 9.16. The van der Waals surface area contributed by atoms with Crippen molar-refractivity contribution in [2.75, 3.05) is 14.2 Å². The molecule has 0 fully saturated rings. The average Bonchev–Trinajstić information content (AvgIpc) is 3.16. The minimum Gasteiger partial charge on any atom is -0.493 e. The molecule has 1 heterocycles. The van der Waals surface area contributed by atoms with Gasteiger partial charge in [0, 0.05) is 29.6 Å². The molecule has 0 aliphatic heterocycles. The molecule has 0 unspecified atom stereocenters. The summed E-state index contributed by atoms with van der Waals surface area (Å²) in [5.41, 5.74) is 2.51. The Bertz CT molecular complexity index is 1120. The molecule has 0 radical (unpaired) electrons. The summed E-state index contributed by atoms with van der Waals surface area (Å²) in [7, 11) is 3.16. The summed E-state index contributed by atoms with van der Waals surface area (Å²) in [5.74, 6) is 1.26. The summed E-state index contributed by atoms with van der Waals surface area (Å²) in [6.45, 7) is 2.65. The van der Waals surface area contributed by atoms with Crippen molar-refractivity contribution in [1.82, 2.24) is 4.57 Å². The largest absolute Gasteiger partial charge is 0.493 e. The highest BCUT2D eigenvalue weighted by Crippen LogP contribution is 2.27. The van der Waals surface area contributed by atoms with Crippen LogP contribution in [-0.2, 0) is 6.54 Å². The SMILES string of the molecule is CCn1c(-c2cccc([N+](=O)[O-])c2)cs/c1=N\N=C/c1ccc(OC)c(OC)c1. The van der Waals surface area contributed by atoms with Crippen LogP contribution >= 0.6 is 11.3 Å². The molecule has 0 atom stereocenters. The van der Waals surface area contributed by atoms with E-state index in [1.807, 2.05) is 35.1 Å². The number of non-ortho nitro benzene ring substituents is 1. The van der Waals surface area contributed by atoms with Gasteiger partial charge in [0.25, 0.3) is 5.69 Å². The minimum absolute atomic E-state index is 0.0568. The van der Waals surface area contributed by atoms with Crippen molar-refractivity contribution in [3.05, 3.63) is 68.3 Å². The first-order valence-corrected chi connectivity index (χ1v) is 9.67. The van der Waals surface area contributed by atoms with Gasteiger partial charge in [0.05, 0.1) is 31.1 Å². The topological polar surface area (TPSA) is 91.2 Å². The van der Waals surface area contributed by atoms with Crippen LogP contribution in [0, 0.1) is 10.1 Å². The number of hydrogen-bond donors (Lipinski definition) is 0. The summed E-state index contributed by atoms with van der Waals surface area (Å²) in [6, 6.07) is 12.0. The van der Waals surface area contributed by atoms with E-state index in [4.69, 9.17) is 9.47 Å². The van der Waals surface area contributed by atoms with Crippen molar-refractivity contribution < 1.29 is 14.4 Å². The predicted octanol–water partition coefficient (Wildman–Crippen LogP) is 4.10. The van der Waals surface area contributed by atoms with Crippen molar-refractivity contribution >= 4 is 23.2 Å². The lowest BCUT2D eigenvalue weighted by molar-refractivity contribution is -0.384. The number of nitro groups is 1. The fourth-order valence-corrected chi connectivity index (χ4v) is 3.73. The number of nitro benzene ring substituents is 1. The molecule has 0 amide bonds. The normalized spacial score (nSPS) is 11.8. The maximum Gasteiger partial charge on any atom is 0.270 e. The van der Waals surface area contributed by atoms with Crippen molar-refractivity contribution in [1.29, 1.82) is 0 Å². The summed E-state index contributed by atoms with van der Waals surface area (Å²) in [5, 5.41) is 21.5. The van der Waals surface area contributed by atoms with Crippen molar-refractivity contribution in [2.45, 2.75) is 13.5 Å². The molecule has 3 aromatic rings. The van der Waals surface area contributed by atoms with Gasteiger partial charge in [0.1, 0.15) is 0 Å². The van der Waals surface area contributed by atoms with E-state index in [-0.39, 0.29) is 5.69 Å². The molecule has 9 heteroatoms. The van der Waals surface area contributed by atoms with Crippen LogP contribution in [0.4, 0.5) is 5.69 Å². The van der Waals surface area contributed by atoms with E-state index < -0.39 is 4.92 Å². The van der Waals surface area contributed by atoms with Crippen LogP contribution in [-0.4, -0.2) is 29.9 Å². The van der Waals surface area contributed by atoms with Gasteiger partial charge in [-0.2, -0.15) is 5.10 Å². The first kappa shape index (κ1) is 20.3. The number of ether oxygens (including phenoxy) is 2. The highest BCUT2D eigenvalue weighted by Gasteiger charge is 2.11. The van der Waals surface area contributed by atoms with Gasteiger partial charge in [-0.05, 0) is 30.7 Å². The Morgan fingerprint density at radius 2 is 1.97 bits per heavy atom. The lowest BCUT2D eigenvalue weighted by atomic mass is 10.1. The summed E-state index contributed by atoms with van der Waals surface area (Å²) >= 11 is 1.43. The molecule has 3 rings (SSSR count). The number of aromatic nitrogens is 1. The molecule has 0 spiro atoms. The van der Waals surface area contributed by atoms with E-state index >= 15 is 0 Å². The fourth-order valence-electron chi connectivity index (χ4n) is 2.80. The second-order valence-corrected chi connectivity index (χ2v) is 6.75. The molecular weight excluding hydrogens is 392 g/mol. The Morgan fingerprint density at radius 3 is 2.66 bits per heavy atom. The van der Waals surface area contributed by atoms with Gasteiger partial charge in [-0.3, -0.25) is 10.1 Å². The van der Waals surface area contributed by atoms with E-state index in [0.29, 0.717) is 22.8 Å². The lowest BCUT2D eigenvalue weighted by Crippen LogP contribution is -2.14. The molecule has 29 heavy (non-hydrogen) atoms. The first-order chi connectivity index (χ1) is 14.1. The summed E-state index contributed by atoms with van der Waals surface area (Å²) in [4.78, 5) is 11.4. The van der Waals surface area contributed by atoms with E-state index in [2.05, 4.69) is 10.2 Å². The number of thiazole rings is 1. The number of nitrogens with zero attached hydrogens (tertiary/aromatic N) is 4. The third-order valence-corrected chi connectivity index (χ3v) is 5.08. The number of hydrogen-bond acceptors (Lipinski definition) is 7. The molecule has 0 saturated heterocycles. The summed E-state index contributed by atoms with van der Waals surface area (Å²) in [6.07, 6.45) is 1.63. The van der Waals surface area contributed by atoms with Gasteiger partial charge in [0.2, 0.25) is 4.80 Å². The quantitative estimate of drug-likeness (QED) is 0.332. The van der Waals surface area contributed by atoms with Crippen LogP contribution in [0.2, 0.25) is 0 Å². The van der Waals surface area contributed by atoms with E-state index in [9.17, 15) is 10.1 Å².